The highest BCUT2D eigenvalue weighted by Gasteiger charge is 2.33. The van der Waals surface area contributed by atoms with Crippen LogP contribution in [0.5, 0.6) is 5.75 Å². The number of hydrogen-bond donors (Lipinski definition) is 0. The van der Waals surface area contributed by atoms with Crippen molar-refractivity contribution < 1.29 is 23.6 Å². The second-order valence-corrected chi connectivity index (χ2v) is 10.8. The smallest absolute Gasteiger partial charge is 0.338 e. The lowest BCUT2D eigenvalue weighted by atomic mass is 9.96. The van der Waals surface area contributed by atoms with Gasteiger partial charge >= 0.3 is 5.97 Å². The summed E-state index contributed by atoms with van der Waals surface area (Å²) in [5.41, 5.74) is 1.25. The molecule has 0 saturated heterocycles. The van der Waals surface area contributed by atoms with Crippen LogP contribution in [0.1, 0.15) is 38.1 Å². The molecule has 1 aliphatic heterocycles. The van der Waals surface area contributed by atoms with Crippen molar-refractivity contribution in [3.05, 3.63) is 112 Å². The van der Waals surface area contributed by atoms with E-state index in [1.807, 2.05) is 0 Å². The van der Waals surface area contributed by atoms with Gasteiger partial charge in [-0.15, -0.1) is 0 Å². The number of aromatic nitrogens is 1. The number of carbonyl (C=O) groups excluding carboxylic acids is 1. The first-order valence-electron chi connectivity index (χ1n) is 12.5. The fraction of sp³-hybridized carbons (Fsp3) is 0.207. The molecule has 0 radical (unpaired) electrons. The number of hydrogen-bond acceptors (Lipinski definition) is 9. The Kier molecular flexibility index (Phi) is 7.65. The zero-order valence-corrected chi connectivity index (χ0v) is 24.0. The Balaban J connectivity index is 1.62. The van der Waals surface area contributed by atoms with Crippen molar-refractivity contribution in [3.63, 3.8) is 0 Å². The van der Waals surface area contributed by atoms with Crippen LogP contribution in [0, 0.1) is 10.1 Å². The summed E-state index contributed by atoms with van der Waals surface area (Å²) in [5, 5.41) is 11.5. The third-order valence-electron chi connectivity index (χ3n) is 6.34. The summed E-state index contributed by atoms with van der Waals surface area (Å²) < 4.78 is 18.5. The van der Waals surface area contributed by atoms with E-state index in [-0.39, 0.29) is 27.9 Å². The molecule has 0 fully saturated rings. The van der Waals surface area contributed by atoms with Crippen LogP contribution in [0.25, 0.3) is 17.4 Å². The number of thiazole rings is 1. The van der Waals surface area contributed by atoms with Crippen LogP contribution in [0.3, 0.4) is 0 Å². The van der Waals surface area contributed by atoms with Crippen LogP contribution in [-0.4, -0.2) is 28.7 Å². The first-order valence-corrected chi connectivity index (χ1v) is 13.7. The van der Waals surface area contributed by atoms with Crippen LogP contribution >= 0.6 is 22.9 Å². The van der Waals surface area contributed by atoms with Crippen molar-refractivity contribution in [2.75, 3.05) is 7.11 Å². The third-order valence-corrected chi connectivity index (χ3v) is 7.65. The number of nitro benzene ring substituents is 1. The van der Waals surface area contributed by atoms with E-state index in [9.17, 15) is 19.7 Å². The molecule has 41 heavy (non-hydrogen) atoms. The summed E-state index contributed by atoms with van der Waals surface area (Å²) in [5.74, 6) is 0.721. The van der Waals surface area contributed by atoms with Crippen LogP contribution in [0.2, 0.25) is 5.02 Å². The Morgan fingerprint density at radius 1 is 1.20 bits per heavy atom. The lowest BCUT2D eigenvalue weighted by Crippen LogP contribution is -2.40. The zero-order valence-electron chi connectivity index (χ0n) is 22.4. The Hall–Kier alpha value is -4.48. The van der Waals surface area contributed by atoms with E-state index >= 15 is 0 Å². The third kappa shape index (κ3) is 5.46. The van der Waals surface area contributed by atoms with Gasteiger partial charge in [0.15, 0.2) is 4.80 Å². The normalized spacial score (nSPS) is 15.1. The highest BCUT2D eigenvalue weighted by atomic mass is 35.5. The van der Waals surface area contributed by atoms with Gasteiger partial charge in [-0.2, -0.15) is 0 Å². The van der Waals surface area contributed by atoms with Crippen molar-refractivity contribution in [2.24, 2.45) is 4.99 Å². The number of methoxy groups -OCH3 is 1. The van der Waals surface area contributed by atoms with Gasteiger partial charge in [-0.25, -0.2) is 9.79 Å². The first kappa shape index (κ1) is 28.1. The van der Waals surface area contributed by atoms with Crippen molar-refractivity contribution in [1.82, 2.24) is 4.57 Å². The molecule has 0 saturated carbocycles. The quantitative estimate of drug-likeness (QED) is 0.167. The maximum Gasteiger partial charge on any atom is 0.338 e. The minimum atomic E-state index is -0.776. The maximum absolute atomic E-state index is 13.8. The molecular formula is C29H24ClN3O7S. The molecule has 5 rings (SSSR count). The Morgan fingerprint density at radius 3 is 2.59 bits per heavy atom. The molecule has 0 spiro atoms. The molecular weight excluding hydrogens is 570 g/mol. The highest BCUT2D eigenvalue weighted by Crippen LogP contribution is 2.34. The number of ether oxygens (including phenoxy) is 2. The van der Waals surface area contributed by atoms with Crippen LogP contribution in [0.4, 0.5) is 5.69 Å². The summed E-state index contributed by atoms with van der Waals surface area (Å²) in [7, 11) is 1.56. The number of non-ortho nitro benzene ring substituents is 1. The van der Waals surface area contributed by atoms with Crippen molar-refractivity contribution in [2.45, 2.75) is 32.9 Å². The largest absolute Gasteiger partial charge is 0.497 e. The molecule has 0 bridgehead atoms. The number of allylic oxidation sites excluding steroid dienone is 1. The van der Waals surface area contributed by atoms with E-state index in [1.54, 1.807) is 70.4 Å². The molecule has 2 aromatic heterocycles. The van der Waals surface area contributed by atoms with Crippen LogP contribution in [-0.2, 0) is 9.53 Å². The molecule has 0 aliphatic carbocycles. The van der Waals surface area contributed by atoms with E-state index in [2.05, 4.69) is 4.99 Å². The van der Waals surface area contributed by atoms with Gasteiger partial charge in [0.1, 0.15) is 17.3 Å². The Labute approximate surface area is 242 Å². The molecule has 210 valence electrons. The molecule has 2 aromatic carbocycles. The van der Waals surface area contributed by atoms with E-state index < -0.39 is 16.9 Å². The van der Waals surface area contributed by atoms with Gasteiger partial charge < -0.3 is 13.9 Å². The zero-order chi connectivity index (χ0) is 29.4. The van der Waals surface area contributed by atoms with Crippen molar-refractivity contribution in [1.29, 1.82) is 0 Å². The minimum absolute atomic E-state index is 0.128. The minimum Gasteiger partial charge on any atom is -0.497 e. The van der Waals surface area contributed by atoms with Gasteiger partial charge in [-0.1, -0.05) is 35.1 Å². The number of furan rings is 1. The number of benzene rings is 2. The number of halogens is 1. The second kappa shape index (κ2) is 11.2. The number of rotatable bonds is 7. The van der Waals surface area contributed by atoms with E-state index in [4.69, 9.17) is 25.5 Å². The van der Waals surface area contributed by atoms with Gasteiger partial charge in [0.05, 0.1) is 45.0 Å². The predicted octanol–water partition coefficient (Wildman–Crippen LogP) is 5.02. The molecule has 12 heteroatoms. The Morgan fingerprint density at radius 2 is 1.93 bits per heavy atom. The number of fused-ring (bicyclic) bond motifs is 1. The second-order valence-electron chi connectivity index (χ2n) is 9.43. The molecule has 1 unspecified atom stereocenters. The number of nitro groups is 1. The maximum atomic E-state index is 13.8. The van der Waals surface area contributed by atoms with Crippen LogP contribution in [0.15, 0.2) is 80.1 Å². The molecule has 0 amide bonds. The molecule has 4 aromatic rings. The monoisotopic (exact) mass is 593 g/mol. The Bertz CT molecular complexity index is 1880. The standard InChI is InChI=1S/C29H24ClN3O7S/c1-15(2)39-28(35)25-16(3)31-29-32(26(25)17-5-8-19(38-4)9-6-17)27(34)24(41-29)14-20-10-12-23(40-20)21-13-18(33(36)37)7-11-22(21)30/h5-15,26H,1-4H3/b24-14-. The lowest BCUT2D eigenvalue weighted by Gasteiger charge is -2.25. The fourth-order valence-corrected chi connectivity index (χ4v) is 5.72. The molecule has 1 atom stereocenters. The van der Waals surface area contributed by atoms with E-state index in [0.717, 1.165) is 11.3 Å². The van der Waals surface area contributed by atoms with E-state index in [1.165, 1.54) is 22.8 Å². The van der Waals surface area contributed by atoms with Crippen LogP contribution < -0.4 is 19.6 Å². The average Bonchev–Trinajstić information content (AvgIpc) is 3.51. The van der Waals surface area contributed by atoms with E-state index in [0.29, 0.717) is 43.4 Å². The summed E-state index contributed by atoms with van der Waals surface area (Å²) in [6.07, 6.45) is 1.20. The predicted molar refractivity (Wildman–Crippen MR) is 154 cm³/mol. The van der Waals surface area contributed by atoms with Gasteiger partial charge in [0.25, 0.3) is 11.2 Å². The summed E-state index contributed by atoms with van der Waals surface area (Å²) in [4.78, 5) is 42.7. The van der Waals surface area contributed by atoms with Crippen molar-refractivity contribution in [3.8, 4) is 17.1 Å². The molecule has 0 N–H and O–H groups in total. The average molecular weight is 594 g/mol. The van der Waals surface area contributed by atoms with Gasteiger partial charge in [0, 0.05) is 23.8 Å². The SMILES string of the molecule is COc1ccc(C2C(C(=O)OC(C)C)=C(C)N=c3s/c(=C\c4ccc(-c5cc([N+](=O)[O-])ccc5Cl)o4)c(=O)n32)cc1. The fourth-order valence-electron chi connectivity index (χ4n) is 4.48. The molecule has 1 aliphatic rings. The summed E-state index contributed by atoms with van der Waals surface area (Å²) >= 11 is 7.42. The number of carbonyl (C=O) groups is 1. The van der Waals surface area contributed by atoms with Gasteiger partial charge in [-0.05, 0) is 56.7 Å². The number of nitrogens with zero attached hydrogens (tertiary/aromatic N) is 3. The summed E-state index contributed by atoms with van der Waals surface area (Å²) in [6.45, 7) is 5.22. The molecule has 10 nitrogen and oxygen atoms in total. The first-order chi connectivity index (χ1) is 19.6. The summed E-state index contributed by atoms with van der Waals surface area (Å²) in [6, 6.07) is 13.7. The van der Waals surface area contributed by atoms with Gasteiger partial charge in [0.2, 0.25) is 0 Å². The lowest BCUT2D eigenvalue weighted by molar-refractivity contribution is -0.384. The highest BCUT2D eigenvalue weighted by molar-refractivity contribution is 7.07. The topological polar surface area (TPSA) is 126 Å². The number of esters is 1. The van der Waals surface area contributed by atoms with Gasteiger partial charge in [-0.3, -0.25) is 19.5 Å². The molecule has 3 heterocycles. The van der Waals surface area contributed by atoms with Crippen molar-refractivity contribution >= 4 is 40.7 Å².